The molecule has 116 valence electrons. The van der Waals surface area contributed by atoms with Crippen molar-refractivity contribution in [2.75, 3.05) is 0 Å². The molecule has 0 radical (unpaired) electrons. The molecular weight excluding hydrogens is 281 g/mol. The van der Waals surface area contributed by atoms with E-state index in [1.807, 2.05) is 0 Å². The highest BCUT2D eigenvalue weighted by atomic mass is 19.1. The molecule has 0 spiro atoms. The van der Waals surface area contributed by atoms with Crippen LogP contribution >= 0.6 is 0 Å². The Labute approximate surface area is 129 Å². The van der Waals surface area contributed by atoms with E-state index in [4.69, 9.17) is 0 Å². The zero-order valence-corrected chi connectivity index (χ0v) is 12.7. The van der Waals surface area contributed by atoms with Crippen molar-refractivity contribution in [2.24, 2.45) is 0 Å². The van der Waals surface area contributed by atoms with Crippen LogP contribution in [0.15, 0.2) is 35.1 Å². The average molecular weight is 301 g/mol. The number of hydrogen-bond donors (Lipinski definition) is 1. The molecule has 1 fully saturated rings. The van der Waals surface area contributed by atoms with Gasteiger partial charge in [-0.2, -0.15) is 5.10 Å². The lowest BCUT2D eigenvalue weighted by Gasteiger charge is -2.14. The van der Waals surface area contributed by atoms with E-state index in [2.05, 4.69) is 10.4 Å². The summed E-state index contributed by atoms with van der Waals surface area (Å²) in [5, 5.41) is 7.82. The number of rotatable bonds is 4. The summed E-state index contributed by atoms with van der Waals surface area (Å²) in [4.78, 5) is 12.1. The SMILES string of the molecule is Cc1cc(=O)c(CNC2CCCC2)nn1-c1cccc(F)c1. The Kier molecular flexibility index (Phi) is 4.34. The van der Waals surface area contributed by atoms with Gasteiger partial charge in [0.15, 0.2) is 0 Å². The van der Waals surface area contributed by atoms with Gasteiger partial charge >= 0.3 is 0 Å². The first-order valence-electron chi connectivity index (χ1n) is 7.72. The summed E-state index contributed by atoms with van der Waals surface area (Å²) < 4.78 is 15.0. The van der Waals surface area contributed by atoms with Gasteiger partial charge in [0.05, 0.1) is 5.69 Å². The summed E-state index contributed by atoms with van der Waals surface area (Å²) in [5.74, 6) is -0.317. The van der Waals surface area contributed by atoms with E-state index < -0.39 is 0 Å². The second-order valence-corrected chi connectivity index (χ2v) is 5.85. The molecule has 0 atom stereocenters. The fourth-order valence-electron chi connectivity index (χ4n) is 2.95. The second-order valence-electron chi connectivity index (χ2n) is 5.85. The van der Waals surface area contributed by atoms with Gasteiger partial charge in [0.25, 0.3) is 0 Å². The number of aromatic nitrogens is 2. The topological polar surface area (TPSA) is 46.9 Å². The third kappa shape index (κ3) is 3.25. The maximum absolute atomic E-state index is 13.4. The fraction of sp³-hybridized carbons (Fsp3) is 0.412. The molecule has 0 saturated heterocycles. The number of nitrogens with one attached hydrogen (secondary N) is 1. The van der Waals surface area contributed by atoms with Gasteiger partial charge in [-0.25, -0.2) is 9.07 Å². The van der Waals surface area contributed by atoms with Crippen molar-refractivity contribution < 1.29 is 4.39 Å². The molecule has 1 aromatic carbocycles. The van der Waals surface area contributed by atoms with Crippen molar-refractivity contribution in [3.8, 4) is 5.69 Å². The van der Waals surface area contributed by atoms with E-state index in [-0.39, 0.29) is 11.2 Å². The Hall–Kier alpha value is -2.01. The summed E-state index contributed by atoms with van der Waals surface area (Å²) in [7, 11) is 0. The fourth-order valence-corrected chi connectivity index (χ4v) is 2.95. The lowest BCUT2D eigenvalue weighted by Crippen LogP contribution is -2.30. The Morgan fingerprint density at radius 1 is 1.32 bits per heavy atom. The predicted octanol–water partition coefficient (Wildman–Crippen LogP) is 2.71. The van der Waals surface area contributed by atoms with Crippen LogP contribution in [0.4, 0.5) is 4.39 Å². The van der Waals surface area contributed by atoms with Crippen molar-refractivity contribution in [3.63, 3.8) is 0 Å². The van der Waals surface area contributed by atoms with Gasteiger partial charge in [-0.15, -0.1) is 0 Å². The monoisotopic (exact) mass is 301 g/mol. The Morgan fingerprint density at radius 3 is 2.82 bits per heavy atom. The number of benzene rings is 1. The van der Waals surface area contributed by atoms with Crippen LogP contribution in [0.25, 0.3) is 5.69 Å². The van der Waals surface area contributed by atoms with E-state index in [1.165, 1.54) is 25.0 Å². The molecule has 3 rings (SSSR count). The predicted molar refractivity (Wildman–Crippen MR) is 83.6 cm³/mol. The van der Waals surface area contributed by atoms with Crippen molar-refractivity contribution in [1.29, 1.82) is 0 Å². The van der Waals surface area contributed by atoms with E-state index in [0.717, 1.165) is 12.8 Å². The molecule has 0 amide bonds. The Balaban J connectivity index is 1.87. The Bertz CT molecular complexity index is 720. The molecule has 1 aliphatic carbocycles. The second kappa shape index (κ2) is 6.40. The van der Waals surface area contributed by atoms with Gasteiger partial charge in [-0.05, 0) is 38.0 Å². The molecule has 0 unspecified atom stereocenters. The minimum absolute atomic E-state index is 0.0735. The Morgan fingerprint density at radius 2 is 2.09 bits per heavy atom. The highest BCUT2D eigenvalue weighted by Crippen LogP contribution is 2.17. The maximum Gasteiger partial charge on any atom is 0.204 e. The third-order valence-corrected chi connectivity index (χ3v) is 4.15. The normalized spacial score (nSPS) is 15.4. The molecule has 1 aromatic heterocycles. The third-order valence-electron chi connectivity index (χ3n) is 4.15. The largest absolute Gasteiger partial charge is 0.308 e. The number of nitrogens with zero attached hydrogens (tertiary/aromatic N) is 2. The molecular formula is C17H20FN3O. The molecule has 1 saturated carbocycles. The van der Waals surface area contributed by atoms with Crippen molar-refractivity contribution in [3.05, 3.63) is 57.8 Å². The average Bonchev–Trinajstić information content (AvgIpc) is 2.99. The van der Waals surface area contributed by atoms with Gasteiger partial charge in [0.1, 0.15) is 11.5 Å². The zero-order chi connectivity index (χ0) is 15.5. The number of halogens is 1. The highest BCUT2D eigenvalue weighted by Gasteiger charge is 2.15. The van der Waals surface area contributed by atoms with Crippen LogP contribution in [-0.4, -0.2) is 15.8 Å². The minimum Gasteiger partial charge on any atom is -0.308 e. The van der Waals surface area contributed by atoms with E-state index >= 15 is 0 Å². The van der Waals surface area contributed by atoms with E-state index in [9.17, 15) is 9.18 Å². The molecule has 22 heavy (non-hydrogen) atoms. The quantitative estimate of drug-likeness (QED) is 0.944. The molecule has 1 aliphatic rings. The van der Waals surface area contributed by atoms with Gasteiger partial charge in [0, 0.05) is 24.3 Å². The van der Waals surface area contributed by atoms with Crippen LogP contribution in [0.3, 0.4) is 0 Å². The summed E-state index contributed by atoms with van der Waals surface area (Å²) in [6, 6.07) is 8.26. The van der Waals surface area contributed by atoms with Crippen LogP contribution in [0.5, 0.6) is 0 Å². The van der Waals surface area contributed by atoms with E-state index in [1.54, 1.807) is 29.8 Å². The molecule has 0 bridgehead atoms. The summed E-state index contributed by atoms with van der Waals surface area (Å²) in [6.45, 7) is 2.26. The smallest absolute Gasteiger partial charge is 0.204 e. The first-order valence-corrected chi connectivity index (χ1v) is 7.72. The van der Waals surface area contributed by atoms with Crippen molar-refractivity contribution in [1.82, 2.24) is 15.1 Å². The lowest BCUT2D eigenvalue weighted by molar-refractivity contribution is 0.512. The molecule has 1 N–H and O–H groups in total. The van der Waals surface area contributed by atoms with E-state index in [0.29, 0.717) is 29.7 Å². The van der Waals surface area contributed by atoms with Gasteiger partial charge < -0.3 is 5.32 Å². The molecule has 0 aliphatic heterocycles. The van der Waals surface area contributed by atoms with Crippen molar-refractivity contribution >= 4 is 0 Å². The van der Waals surface area contributed by atoms with Crippen LogP contribution in [0.2, 0.25) is 0 Å². The van der Waals surface area contributed by atoms with Crippen molar-refractivity contribution in [2.45, 2.75) is 45.2 Å². The van der Waals surface area contributed by atoms with Crippen LogP contribution in [0, 0.1) is 12.7 Å². The number of hydrogen-bond acceptors (Lipinski definition) is 3. The molecule has 4 nitrogen and oxygen atoms in total. The highest BCUT2D eigenvalue weighted by molar-refractivity contribution is 5.33. The standard InChI is InChI=1S/C17H20FN3O/c1-12-9-17(22)16(11-19-14-6-2-3-7-14)20-21(12)15-8-4-5-13(18)10-15/h4-5,8-10,14,19H,2-3,6-7,11H2,1H3. The molecule has 5 heteroatoms. The summed E-state index contributed by atoms with van der Waals surface area (Å²) in [5.41, 5.74) is 1.72. The molecule has 1 heterocycles. The summed E-state index contributed by atoms with van der Waals surface area (Å²) in [6.07, 6.45) is 4.80. The van der Waals surface area contributed by atoms with Crippen LogP contribution < -0.4 is 10.7 Å². The maximum atomic E-state index is 13.4. The van der Waals surface area contributed by atoms with Gasteiger partial charge in [0.2, 0.25) is 5.43 Å². The first kappa shape index (κ1) is 14.9. The number of aryl methyl sites for hydroxylation is 1. The first-order chi connectivity index (χ1) is 10.6. The lowest BCUT2D eigenvalue weighted by atomic mass is 10.2. The minimum atomic E-state index is -0.317. The molecule has 2 aromatic rings. The van der Waals surface area contributed by atoms with Gasteiger partial charge in [-0.1, -0.05) is 18.9 Å². The van der Waals surface area contributed by atoms with Crippen LogP contribution in [0.1, 0.15) is 37.1 Å². The zero-order valence-electron chi connectivity index (χ0n) is 12.7. The van der Waals surface area contributed by atoms with Crippen LogP contribution in [-0.2, 0) is 6.54 Å². The van der Waals surface area contributed by atoms with Gasteiger partial charge in [-0.3, -0.25) is 4.79 Å². The summed E-state index contributed by atoms with van der Waals surface area (Å²) >= 11 is 0.